The summed E-state index contributed by atoms with van der Waals surface area (Å²) in [5, 5.41) is 18.5. The number of benzene rings is 3. The van der Waals surface area contributed by atoms with Gasteiger partial charge in [-0.25, -0.2) is 4.98 Å². The maximum atomic E-state index is 13.5. The number of hydrogen-bond acceptors (Lipinski definition) is 5. The third-order valence-corrected chi connectivity index (χ3v) is 6.82. The van der Waals surface area contributed by atoms with Gasteiger partial charge in [0, 0.05) is 16.4 Å². The Kier molecular flexibility index (Phi) is 9.90. The van der Waals surface area contributed by atoms with Crippen molar-refractivity contribution in [3.05, 3.63) is 81.9 Å². The molecule has 13 heteroatoms. The lowest BCUT2D eigenvalue weighted by Crippen LogP contribution is -2.29. The van der Waals surface area contributed by atoms with E-state index in [1.54, 1.807) is 25.1 Å². The number of aliphatic hydroxyl groups excluding tert-OH is 1. The number of hydrogen-bond donors (Lipinski definition) is 5. The summed E-state index contributed by atoms with van der Waals surface area (Å²) in [5.41, 5.74) is 0.130. The fraction of sp³-hybridized carbons (Fsp3) is 0.250. The molecule has 1 heterocycles. The van der Waals surface area contributed by atoms with Gasteiger partial charge in [0.25, 0.3) is 11.8 Å². The van der Waals surface area contributed by atoms with Gasteiger partial charge in [0.15, 0.2) is 0 Å². The highest BCUT2D eigenvalue weighted by atomic mass is 35.5. The Balaban J connectivity index is 0.00000462. The molecule has 4 rings (SSSR count). The molecule has 8 nitrogen and oxygen atoms in total. The minimum absolute atomic E-state index is 0. The fourth-order valence-electron chi connectivity index (χ4n) is 4.09. The molecule has 0 aliphatic heterocycles. The van der Waals surface area contributed by atoms with Crippen LogP contribution in [0.2, 0.25) is 5.02 Å². The van der Waals surface area contributed by atoms with Crippen molar-refractivity contribution in [3.8, 4) is 0 Å². The first-order chi connectivity index (χ1) is 18.9. The Morgan fingerprint density at radius 1 is 1.02 bits per heavy atom. The second-order valence-corrected chi connectivity index (χ2v) is 9.95. The zero-order valence-corrected chi connectivity index (χ0v) is 23.8. The number of amides is 2. The minimum atomic E-state index is -4.73. The summed E-state index contributed by atoms with van der Waals surface area (Å²) in [7, 11) is 0. The van der Waals surface area contributed by atoms with Gasteiger partial charge in [0.05, 0.1) is 34.9 Å². The fourth-order valence-corrected chi connectivity index (χ4v) is 4.26. The summed E-state index contributed by atoms with van der Waals surface area (Å²) in [6.07, 6.45) is -4.73. The Morgan fingerprint density at radius 2 is 1.71 bits per heavy atom. The number of carbonyl (C=O) groups is 2. The van der Waals surface area contributed by atoms with Crippen LogP contribution in [-0.4, -0.2) is 39.5 Å². The number of aliphatic hydroxyl groups is 1. The molecule has 0 saturated heterocycles. The Hall–Kier alpha value is -3.80. The van der Waals surface area contributed by atoms with Crippen LogP contribution in [0.3, 0.4) is 0 Å². The van der Waals surface area contributed by atoms with Crippen molar-refractivity contribution in [2.45, 2.75) is 33.0 Å². The number of halogens is 5. The third-order valence-electron chi connectivity index (χ3n) is 6.41. The van der Waals surface area contributed by atoms with E-state index in [-0.39, 0.29) is 53.7 Å². The van der Waals surface area contributed by atoms with Crippen LogP contribution >= 0.6 is 24.0 Å². The van der Waals surface area contributed by atoms with Gasteiger partial charge in [-0.1, -0.05) is 43.6 Å². The Morgan fingerprint density at radius 3 is 2.37 bits per heavy atom. The predicted octanol–water partition coefficient (Wildman–Crippen LogP) is 6.90. The van der Waals surface area contributed by atoms with E-state index in [0.717, 1.165) is 12.1 Å². The highest BCUT2D eigenvalue weighted by Crippen LogP contribution is 2.33. The van der Waals surface area contributed by atoms with Crippen molar-refractivity contribution in [1.82, 2.24) is 9.97 Å². The van der Waals surface area contributed by atoms with Gasteiger partial charge in [-0.2, -0.15) is 13.2 Å². The second kappa shape index (κ2) is 12.8. The summed E-state index contributed by atoms with van der Waals surface area (Å²) in [6.45, 7) is 5.39. The van der Waals surface area contributed by atoms with Crippen LogP contribution in [0.4, 0.5) is 30.5 Å². The second-order valence-electron chi connectivity index (χ2n) is 9.55. The molecule has 4 aromatic rings. The van der Waals surface area contributed by atoms with Crippen molar-refractivity contribution in [2.24, 2.45) is 5.92 Å². The highest BCUT2D eigenvalue weighted by molar-refractivity contribution is 6.31. The summed E-state index contributed by atoms with van der Waals surface area (Å²) >= 11 is 6.19. The lowest BCUT2D eigenvalue weighted by atomic mass is 10.1. The number of alkyl halides is 3. The zero-order chi connectivity index (χ0) is 29.2. The monoisotopic (exact) mass is 609 g/mol. The number of imidazole rings is 1. The molecule has 5 N–H and O–H groups in total. The average molecular weight is 610 g/mol. The van der Waals surface area contributed by atoms with E-state index in [1.165, 1.54) is 24.3 Å². The first-order valence-electron chi connectivity index (χ1n) is 12.3. The quantitative estimate of drug-likeness (QED) is 0.149. The van der Waals surface area contributed by atoms with Crippen LogP contribution < -0.4 is 16.0 Å². The van der Waals surface area contributed by atoms with Crippen LogP contribution in [0.15, 0.2) is 54.6 Å². The average Bonchev–Trinajstić information content (AvgIpc) is 3.31. The number of carbonyl (C=O) groups excluding carboxylic acids is 2. The molecule has 0 aliphatic rings. The van der Waals surface area contributed by atoms with E-state index < -0.39 is 29.1 Å². The van der Waals surface area contributed by atoms with Crippen molar-refractivity contribution in [3.63, 3.8) is 0 Å². The van der Waals surface area contributed by atoms with Crippen molar-refractivity contribution in [1.29, 1.82) is 0 Å². The number of rotatable bonds is 8. The number of nitrogens with zero attached hydrogens (tertiary/aromatic N) is 1. The van der Waals surface area contributed by atoms with Gasteiger partial charge in [0.1, 0.15) is 5.52 Å². The zero-order valence-electron chi connectivity index (χ0n) is 22.2. The molecule has 1 aromatic heterocycles. The molecule has 0 aliphatic carbocycles. The third kappa shape index (κ3) is 7.10. The van der Waals surface area contributed by atoms with E-state index in [4.69, 9.17) is 11.6 Å². The normalized spacial score (nSPS) is 12.1. The van der Waals surface area contributed by atoms with Crippen LogP contribution in [0, 0.1) is 12.8 Å². The molecule has 2 amide bonds. The van der Waals surface area contributed by atoms with E-state index in [2.05, 4.69) is 25.9 Å². The Labute approximate surface area is 245 Å². The van der Waals surface area contributed by atoms with Gasteiger partial charge < -0.3 is 26.0 Å². The Bertz CT molecular complexity index is 1570. The lowest BCUT2D eigenvalue weighted by molar-refractivity contribution is -0.137. The number of aromatic nitrogens is 2. The van der Waals surface area contributed by atoms with Crippen LogP contribution in [0.1, 0.15) is 45.7 Å². The van der Waals surface area contributed by atoms with Crippen molar-refractivity contribution < 1.29 is 27.9 Å². The topological polar surface area (TPSA) is 119 Å². The summed E-state index contributed by atoms with van der Waals surface area (Å²) in [5.74, 6) is -1.26. The number of H-pyrrole nitrogens is 1. The van der Waals surface area contributed by atoms with Crippen LogP contribution in [-0.2, 0) is 6.18 Å². The number of nitrogens with one attached hydrogen (secondary N) is 4. The van der Waals surface area contributed by atoms with Crippen LogP contribution in [0.5, 0.6) is 0 Å². The molecule has 0 bridgehead atoms. The van der Waals surface area contributed by atoms with Gasteiger partial charge in [-0.15, -0.1) is 12.4 Å². The van der Waals surface area contributed by atoms with Crippen LogP contribution in [0.25, 0.3) is 11.0 Å². The number of aromatic amines is 1. The first-order valence-corrected chi connectivity index (χ1v) is 12.7. The molecular weight excluding hydrogens is 582 g/mol. The molecular formula is C28H28Cl2F3N5O3. The molecule has 0 unspecified atom stereocenters. The maximum absolute atomic E-state index is 13.5. The van der Waals surface area contributed by atoms with E-state index in [9.17, 15) is 27.9 Å². The molecule has 0 spiro atoms. The SMILES string of the molecule is Cc1c(Cl)cccc1NC(=O)c1cc(NC(=O)c2ccccc2C(F)(F)F)cc2[nH]c(N[C@H](CO)C(C)C)nc12.Cl. The maximum Gasteiger partial charge on any atom is 0.417 e. The smallest absolute Gasteiger partial charge is 0.394 e. The summed E-state index contributed by atoms with van der Waals surface area (Å²) < 4.78 is 40.5. The highest BCUT2D eigenvalue weighted by Gasteiger charge is 2.35. The van der Waals surface area contributed by atoms with Gasteiger partial charge in [0.2, 0.25) is 5.95 Å². The minimum Gasteiger partial charge on any atom is -0.394 e. The molecule has 1 atom stereocenters. The summed E-state index contributed by atoms with van der Waals surface area (Å²) in [4.78, 5) is 33.9. The van der Waals surface area contributed by atoms with E-state index >= 15 is 0 Å². The van der Waals surface area contributed by atoms with Gasteiger partial charge in [-0.3, -0.25) is 9.59 Å². The van der Waals surface area contributed by atoms with Crippen molar-refractivity contribution in [2.75, 3.05) is 22.6 Å². The molecule has 0 radical (unpaired) electrons. The predicted molar refractivity (Wildman–Crippen MR) is 156 cm³/mol. The number of fused-ring (bicyclic) bond motifs is 1. The molecule has 0 fully saturated rings. The molecule has 41 heavy (non-hydrogen) atoms. The lowest BCUT2D eigenvalue weighted by Gasteiger charge is -2.18. The molecule has 218 valence electrons. The standard InChI is InChI=1S/C28H27ClF3N5O3.ClH/c1-14(2)23(13-38)36-27-35-22-12-16(33-25(39)17-7-4-5-8-19(17)28(30,31)32)11-18(24(22)37-27)26(40)34-21-10-6-9-20(29)15(21)3;/h4-12,14,23,38H,13H2,1-3H3,(H,33,39)(H,34,40)(H2,35,36,37);1H/t23-;/m1./s1. The van der Waals surface area contributed by atoms with Crippen molar-refractivity contribution >= 4 is 64.2 Å². The molecule has 0 saturated carbocycles. The molecule has 3 aromatic carbocycles. The number of anilines is 3. The van der Waals surface area contributed by atoms with Gasteiger partial charge >= 0.3 is 6.18 Å². The largest absolute Gasteiger partial charge is 0.417 e. The van der Waals surface area contributed by atoms with E-state index in [0.29, 0.717) is 21.8 Å². The first kappa shape index (κ1) is 31.7. The van der Waals surface area contributed by atoms with Gasteiger partial charge in [-0.05, 0) is 54.8 Å². The van der Waals surface area contributed by atoms with E-state index in [1.807, 2.05) is 13.8 Å². The summed E-state index contributed by atoms with van der Waals surface area (Å²) in [6, 6.07) is 11.9.